The average Bonchev–Trinajstić information content (AvgIpc) is 3.54. The van der Waals surface area contributed by atoms with Crippen molar-refractivity contribution in [3.63, 3.8) is 0 Å². The Balaban J connectivity index is 1.43. The van der Waals surface area contributed by atoms with Crippen LogP contribution in [0.3, 0.4) is 0 Å². The van der Waals surface area contributed by atoms with Gasteiger partial charge in [0.05, 0.1) is 12.0 Å². The SMILES string of the molecule is COc1ccc(CN(C(=O)CCc2ccc(S(=O)(=O)N3CCCC3)cc2)[C@H](C)C(=O)NCc2ccccc2)cc1. The number of carbonyl (C=O) groups is 2. The number of sulfonamides is 1. The number of amides is 2. The highest BCUT2D eigenvalue weighted by Gasteiger charge is 2.28. The van der Waals surface area contributed by atoms with Gasteiger partial charge in [-0.2, -0.15) is 4.31 Å². The molecule has 1 N–H and O–H groups in total. The summed E-state index contributed by atoms with van der Waals surface area (Å²) in [5, 5.41) is 2.94. The highest BCUT2D eigenvalue weighted by atomic mass is 32.2. The molecule has 0 radical (unpaired) electrons. The molecule has 1 heterocycles. The van der Waals surface area contributed by atoms with Crippen LogP contribution in [0.5, 0.6) is 5.75 Å². The third kappa shape index (κ3) is 7.49. The second-order valence-corrected chi connectivity index (χ2v) is 11.9. The van der Waals surface area contributed by atoms with Crippen molar-refractivity contribution in [1.82, 2.24) is 14.5 Å². The van der Waals surface area contributed by atoms with Gasteiger partial charge in [-0.05, 0) is 67.1 Å². The Hall–Kier alpha value is -3.69. The standard InChI is InChI=1S/C31H37N3O5S/c1-24(31(36)32-22-26-8-4-3-5-9-26)34(23-27-10-15-28(39-2)16-11-27)30(35)19-14-25-12-17-29(18-13-25)40(37,38)33-20-6-7-21-33/h3-5,8-13,15-18,24H,6-7,14,19-23H2,1-2H3,(H,32,36)/t24-/m1/s1. The number of ether oxygens (including phenoxy) is 1. The summed E-state index contributed by atoms with van der Waals surface area (Å²) >= 11 is 0. The second-order valence-electron chi connectivity index (χ2n) is 10.0. The van der Waals surface area contributed by atoms with E-state index in [0.29, 0.717) is 31.8 Å². The molecule has 1 aliphatic heterocycles. The van der Waals surface area contributed by atoms with Crippen LogP contribution in [0.25, 0.3) is 0 Å². The average molecular weight is 564 g/mol. The quantitative estimate of drug-likeness (QED) is 0.357. The Morgan fingerprint density at radius 3 is 2.15 bits per heavy atom. The molecule has 0 saturated carbocycles. The van der Waals surface area contributed by atoms with Gasteiger partial charge in [0, 0.05) is 32.6 Å². The minimum absolute atomic E-state index is 0.160. The first-order valence-electron chi connectivity index (χ1n) is 13.6. The van der Waals surface area contributed by atoms with E-state index in [1.165, 1.54) is 4.31 Å². The molecule has 212 valence electrons. The predicted octanol–water partition coefficient (Wildman–Crippen LogP) is 4.15. The van der Waals surface area contributed by atoms with Gasteiger partial charge in [-0.15, -0.1) is 0 Å². The molecule has 40 heavy (non-hydrogen) atoms. The molecule has 4 rings (SSSR count). The van der Waals surface area contributed by atoms with Crippen LogP contribution in [0.2, 0.25) is 0 Å². The van der Waals surface area contributed by atoms with Gasteiger partial charge in [0.2, 0.25) is 21.8 Å². The first-order chi connectivity index (χ1) is 19.3. The number of benzene rings is 3. The van der Waals surface area contributed by atoms with Crippen LogP contribution in [0.1, 0.15) is 42.9 Å². The van der Waals surface area contributed by atoms with Crippen molar-refractivity contribution >= 4 is 21.8 Å². The fourth-order valence-corrected chi connectivity index (χ4v) is 6.26. The van der Waals surface area contributed by atoms with Crippen molar-refractivity contribution in [1.29, 1.82) is 0 Å². The number of methoxy groups -OCH3 is 1. The molecule has 0 spiro atoms. The lowest BCUT2D eigenvalue weighted by Gasteiger charge is -2.29. The van der Waals surface area contributed by atoms with Crippen molar-refractivity contribution in [3.05, 3.63) is 95.6 Å². The van der Waals surface area contributed by atoms with Crippen molar-refractivity contribution in [2.24, 2.45) is 0 Å². The maximum absolute atomic E-state index is 13.5. The second kappa shape index (κ2) is 13.6. The van der Waals surface area contributed by atoms with Crippen LogP contribution in [0.4, 0.5) is 0 Å². The summed E-state index contributed by atoms with van der Waals surface area (Å²) in [5.41, 5.74) is 2.72. The summed E-state index contributed by atoms with van der Waals surface area (Å²) < 4.78 is 32.4. The maximum Gasteiger partial charge on any atom is 0.243 e. The Labute approximate surface area is 237 Å². The number of hydrogen-bond donors (Lipinski definition) is 1. The van der Waals surface area contributed by atoms with E-state index < -0.39 is 16.1 Å². The minimum atomic E-state index is -3.48. The van der Waals surface area contributed by atoms with Crippen LogP contribution in [0.15, 0.2) is 83.8 Å². The van der Waals surface area contributed by atoms with E-state index in [-0.39, 0.29) is 29.7 Å². The molecule has 2 amide bonds. The number of nitrogens with one attached hydrogen (secondary N) is 1. The molecule has 1 fully saturated rings. The molecule has 1 aliphatic rings. The molecular weight excluding hydrogens is 526 g/mol. The number of rotatable bonds is 12. The van der Waals surface area contributed by atoms with Gasteiger partial charge in [0.1, 0.15) is 11.8 Å². The van der Waals surface area contributed by atoms with Crippen molar-refractivity contribution < 1.29 is 22.7 Å². The fourth-order valence-electron chi connectivity index (χ4n) is 4.74. The van der Waals surface area contributed by atoms with Crippen LogP contribution < -0.4 is 10.1 Å². The van der Waals surface area contributed by atoms with Crippen LogP contribution >= 0.6 is 0 Å². The number of carbonyl (C=O) groups excluding carboxylic acids is 2. The third-order valence-corrected chi connectivity index (χ3v) is 9.16. The van der Waals surface area contributed by atoms with Gasteiger partial charge in [0.15, 0.2) is 0 Å². The smallest absolute Gasteiger partial charge is 0.243 e. The van der Waals surface area contributed by atoms with Crippen molar-refractivity contribution in [2.75, 3.05) is 20.2 Å². The Morgan fingerprint density at radius 1 is 0.900 bits per heavy atom. The van der Waals surface area contributed by atoms with E-state index >= 15 is 0 Å². The normalized spacial score (nSPS) is 14.4. The highest BCUT2D eigenvalue weighted by Crippen LogP contribution is 2.22. The molecule has 0 bridgehead atoms. The van der Waals surface area contributed by atoms with E-state index in [1.807, 2.05) is 54.6 Å². The summed E-state index contributed by atoms with van der Waals surface area (Å²) in [5.74, 6) is 0.319. The molecule has 0 aromatic heterocycles. The molecule has 0 unspecified atom stereocenters. The zero-order valence-corrected chi connectivity index (χ0v) is 23.9. The zero-order valence-electron chi connectivity index (χ0n) is 23.1. The number of nitrogens with zero attached hydrogens (tertiary/aromatic N) is 2. The first kappa shape index (κ1) is 29.3. The lowest BCUT2D eigenvalue weighted by atomic mass is 10.1. The van der Waals surface area contributed by atoms with E-state index in [0.717, 1.165) is 29.5 Å². The van der Waals surface area contributed by atoms with Gasteiger partial charge >= 0.3 is 0 Å². The van der Waals surface area contributed by atoms with Crippen molar-refractivity contribution in [2.45, 2.75) is 56.6 Å². The summed E-state index contributed by atoms with van der Waals surface area (Å²) in [6.07, 6.45) is 2.38. The highest BCUT2D eigenvalue weighted by molar-refractivity contribution is 7.89. The summed E-state index contributed by atoms with van der Waals surface area (Å²) in [6.45, 7) is 3.50. The topological polar surface area (TPSA) is 96.0 Å². The lowest BCUT2D eigenvalue weighted by molar-refractivity contribution is -0.140. The summed E-state index contributed by atoms with van der Waals surface area (Å²) in [6, 6.07) is 23.1. The van der Waals surface area contributed by atoms with E-state index in [1.54, 1.807) is 43.2 Å². The fraction of sp³-hybridized carbons (Fsp3) is 0.355. The predicted molar refractivity (Wildman–Crippen MR) is 154 cm³/mol. The van der Waals surface area contributed by atoms with Gasteiger partial charge < -0.3 is 15.0 Å². The van der Waals surface area contributed by atoms with Gasteiger partial charge in [0.25, 0.3) is 0 Å². The van der Waals surface area contributed by atoms with E-state index in [4.69, 9.17) is 4.74 Å². The Morgan fingerprint density at radius 2 is 1.52 bits per heavy atom. The van der Waals surface area contributed by atoms with E-state index in [2.05, 4.69) is 5.32 Å². The molecule has 0 aliphatic carbocycles. The Bertz CT molecular complexity index is 1370. The molecule has 3 aromatic rings. The molecule has 3 aromatic carbocycles. The van der Waals surface area contributed by atoms with Crippen molar-refractivity contribution in [3.8, 4) is 5.75 Å². The molecule has 1 saturated heterocycles. The van der Waals surface area contributed by atoms with Gasteiger partial charge in [-0.1, -0.05) is 54.6 Å². The molecular formula is C31H37N3O5S. The molecule has 8 nitrogen and oxygen atoms in total. The summed E-state index contributed by atoms with van der Waals surface area (Å²) in [7, 11) is -1.89. The number of hydrogen-bond acceptors (Lipinski definition) is 5. The van der Waals surface area contributed by atoms with Gasteiger partial charge in [-0.3, -0.25) is 9.59 Å². The Kier molecular flexibility index (Phi) is 9.95. The maximum atomic E-state index is 13.5. The largest absolute Gasteiger partial charge is 0.497 e. The zero-order chi connectivity index (χ0) is 28.5. The van der Waals surface area contributed by atoms with E-state index in [9.17, 15) is 18.0 Å². The third-order valence-electron chi connectivity index (χ3n) is 7.24. The van der Waals surface area contributed by atoms with Crippen LogP contribution in [0, 0.1) is 0 Å². The van der Waals surface area contributed by atoms with Gasteiger partial charge in [-0.25, -0.2) is 8.42 Å². The monoisotopic (exact) mass is 563 g/mol. The molecule has 1 atom stereocenters. The lowest BCUT2D eigenvalue weighted by Crippen LogP contribution is -2.47. The van der Waals surface area contributed by atoms with Crippen LogP contribution in [-0.4, -0.2) is 55.7 Å². The first-order valence-corrected chi connectivity index (χ1v) is 15.0. The number of aryl methyl sites for hydroxylation is 1. The van der Waals surface area contributed by atoms with Crippen LogP contribution in [-0.2, 0) is 39.1 Å². The molecule has 9 heteroatoms. The summed E-state index contributed by atoms with van der Waals surface area (Å²) in [4.78, 5) is 28.4. The minimum Gasteiger partial charge on any atom is -0.497 e.